The van der Waals surface area contributed by atoms with Crippen molar-refractivity contribution in [1.29, 1.82) is 0 Å². The van der Waals surface area contributed by atoms with Crippen LogP contribution in [0.3, 0.4) is 0 Å². The number of allylic oxidation sites excluding steroid dienone is 2. The first-order chi connectivity index (χ1) is 20.9. The van der Waals surface area contributed by atoms with E-state index >= 15 is 0 Å². The second kappa shape index (κ2) is 11.1. The number of aliphatic hydroxyl groups is 1. The van der Waals surface area contributed by atoms with Gasteiger partial charge in [0.05, 0.1) is 0 Å². The van der Waals surface area contributed by atoms with Gasteiger partial charge in [-0.2, -0.15) is 0 Å². The maximum atomic E-state index is 14.6. The first kappa shape index (κ1) is 35.5. The molecule has 0 unspecified atom stereocenters. The summed E-state index contributed by atoms with van der Waals surface area (Å²) in [6.07, 6.45) is 1.41. The Hall–Kier alpha value is -3.34. The average Bonchev–Trinajstić information content (AvgIpc) is 3.11. The van der Waals surface area contributed by atoms with E-state index in [1.54, 1.807) is 27.7 Å². The van der Waals surface area contributed by atoms with Crippen molar-refractivity contribution >= 4 is 35.4 Å². The Labute approximate surface area is 270 Å². The van der Waals surface area contributed by atoms with Gasteiger partial charge in [-0.3, -0.25) is 24.0 Å². The van der Waals surface area contributed by atoms with Crippen molar-refractivity contribution in [1.82, 2.24) is 0 Å². The molecule has 0 heterocycles. The van der Waals surface area contributed by atoms with Gasteiger partial charge in [0, 0.05) is 37.0 Å². The van der Waals surface area contributed by atoms with Crippen molar-refractivity contribution in [2.75, 3.05) is 0 Å². The van der Waals surface area contributed by atoms with Gasteiger partial charge < -0.3 is 24.4 Å². The summed E-state index contributed by atoms with van der Waals surface area (Å²) < 4.78 is 16.1. The molecule has 0 aliphatic heterocycles. The number of Topliss-reactive ketones (excluding diaryl/α,β-unsaturated/α-hetero) is 2. The average molecular weight is 645 g/mol. The third kappa shape index (κ3) is 5.32. The summed E-state index contributed by atoms with van der Waals surface area (Å²) in [5, 5.41) is 21.8. The minimum absolute atomic E-state index is 0.0802. The highest BCUT2D eigenvalue weighted by Crippen LogP contribution is 2.74. The standard InChI is InChI=1S/C35H48O11/c1-18(36)44-22-15-21-20(31(5,6)28(22)40)11-12-24-32(7)16-23(45-29(41)42)27(33(32,8)17-26(39)34(21,24)9)35(10,43)25(38)13-14-30(3,4)46-19(2)37/h11,13-14,21-24,27,43H,12,15-17H2,1-10H3,(H,41,42)/b14-13+/t21-,22+,23-,24+,27+,32+,33-,34+,35+/m1/s1. The van der Waals surface area contributed by atoms with E-state index in [0.717, 1.165) is 11.6 Å². The van der Waals surface area contributed by atoms with E-state index in [4.69, 9.17) is 14.2 Å². The maximum absolute atomic E-state index is 14.6. The van der Waals surface area contributed by atoms with Crippen LogP contribution in [0.5, 0.6) is 0 Å². The zero-order valence-electron chi connectivity index (χ0n) is 28.5. The van der Waals surface area contributed by atoms with Crippen LogP contribution in [-0.4, -0.2) is 69.1 Å². The van der Waals surface area contributed by atoms with Crippen LogP contribution in [0, 0.1) is 39.4 Å². The Morgan fingerprint density at radius 2 is 1.57 bits per heavy atom. The van der Waals surface area contributed by atoms with E-state index in [9.17, 15) is 39.0 Å². The number of ketones is 3. The predicted octanol–water partition coefficient (Wildman–Crippen LogP) is 4.77. The summed E-state index contributed by atoms with van der Waals surface area (Å²) in [6, 6.07) is 0. The minimum Gasteiger partial charge on any atom is -0.456 e. The highest BCUT2D eigenvalue weighted by Gasteiger charge is 2.75. The second-order valence-electron chi connectivity index (χ2n) is 15.7. The molecule has 3 saturated carbocycles. The molecule has 2 N–H and O–H groups in total. The number of hydrogen-bond donors (Lipinski definition) is 2. The molecule has 3 fully saturated rings. The van der Waals surface area contributed by atoms with Gasteiger partial charge in [0.15, 0.2) is 17.7 Å². The molecule has 4 aliphatic carbocycles. The number of hydrogen-bond acceptors (Lipinski definition) is 10. The summed E-state index contributed by atoms with van der Waals surface area (Å²) in [6.45, 7) is 16.2. The number of carbonyl (C=O) groups is 6. The summed E-state index contributed by atoms with van der Waals surface area (Å²) >= 11 is 0. The van der Waals surface area contributed by atoms with Gasteiger partial charge in [-0.1, -0.05) is 32.4 Å². The van der Waals surface area contributed by atoms with Crippen LogP contribution in [0.15, 0.2) is 23.8 Å². The number of ether oxygens (including phenoxy) is 3. The smallest absolute Gasteiger partial charge is 0.456 e. The molecule has 11 nitrogen and oxygen atoms in total. The highest BCUT2D eigenvalue weighted by atomic mass is 16.7. The molecule has 0 radical (unpaired) electrons. The molecule has 0 aromatic carbocycles. The van der Waals surface area contributed by atoms with Crippen LogP contribution < -0.4 is 0 Å². The Balaban J connectivity index is 1.82. The molecular weight excluding hydrogens is 596 g/mol. The number of carbonyl (C=O) groups excluding carboxylic acids is 5. The molecular formula is C35H48O11. The number of fused-ring (bicyclic) bond motifs is 5. The molecule has 0 aromatic heterocycles. The summed E-state index contributed by atoms with van der Waals surface area (Å²) in [4.78, 5) is 77.3. The van der Waals surface area contributed by atoms with E-state index in [-0.39, 0.29) is 36.7 Å². The molecule has 46 heavy (non-hydrogen) atoms. The quantitative estimate of drug-likeness (QED) is 0.169. The molecule has 4 aliphatic rings. The summed E-state index contributed by atoms with van der Waals surface area (Å²) in [5.41, 5.74) is -6.38. The number of esters is 2. The molecule has 254 valence electrons. The third-order valence-electron chi connectivity index (χ3n) is 12.1. The first-order valence-electron chi connectivity index (χ1n) is 15.9. The lowest BCUT2D eigenvalue weighted by atomic mass is 9.38. The molecule has 0 spiro atoms. The molecule has 0 amide bonds. The van der Waals surface area contributed by atoms with Crippen LogP contribution in [0.25, 0.3) is 0 Å². The SMILES string of the molecule is CC(=O)O[C@H]1C[C@@H]2C(=CC[C@@H]3[C@@]2(C)C(=O)C[C@]2(C)[C@@H]([C@@](C)(O)C(=O)/C=C/C(C)(C)OC(C)=O)[C@H](OC(=O)O)C[C@@]32C)C(C)(C)C1=O. The van der Waals surface area contributed by atoms with Gasteiger partial charge in [-0.25, -0.2) is 4.79 Å². The lowest BCUT2D eigenvalue weighted by molar-refractivity contribution is -0.185. The minimum atomic E-state index is -2.17. The van der Waals surface area contributed by atoms with E-state index in [1.807, 2.05) is 26.8 Å². The van der Waals surface area contributed by atoms with Crippen LogP contribution in [0.4, 0.5) is 4.79 Å². The maximum Gasteiger partial charge on any atom is 0.506 e. The molecule has 0 saturated heterocycles. The molecule has 0 bridgehead atoms. The van der Waals surface area contributed by atoms with Crippen molar-refractivity contribution in [2.24, 2.45) is 39.4 Å². The Morgan fingerprint density at radius 1 is 0.957 bits per heavy atom. The zero-order chi connectivity index (χ0) is 35.0. The highest BCUT2D eigenvalue weighted by molar-refractivity contribution is 5.98. The third-order valence-corrected chi connectivity index (χ3v) is 12.1. The van der Waals surface area contributed by atoms with Gasteiger partial charge in [0.25, 0.3) is 0 Å². The monoisotopic (exact) mass is 644 g/mol. The van der Waals surface area contributed by atoms with Gasteiger partial charge in [0.2, 0.25) is 0 Å². The van der Waals surface area contributed by atoms with E-state index in [1.165, 1.54) is 26.8 Å². The van der Waals surface area contributed by atoms with E-state index in [0.29, 0.717) is 6.42 Å². The molecule has 9 atom stereocenters. The largest absolute Gasteiger partial charge is 0.506 e. The van der Waals surface area contributed by atoms with Gasteiger partial charge >= 0.3 is 18.1 Å². The Kier molecular flexibility index (Phi) is 8.59. The van der Waals surface area contributed by atoms with Crippen LogP contribution in [0.1, 0.15) is 94.9 Å². The zero-order valence-corrected chi connectivity index (χ0v) is 28.5. The predicted molar refractivity (Wildman–Crippen MR) is 164 cm³/mol. The second-order valence-corrected chi connectivity index (χ2v) is 15.7. The lowest BCUT2D eigenvalue weighted by Gasteiger charge is -2.64. The van der Waals surface area contributed by atoms with Gasteiger partial charge in [-0.05, 0) is 88.7 Å². The summed E-state index contributed by atoms with van der Waals surface area (Å²) in [7, 11) is 0. The van der Waals surface area contributed by atoms with Gasteiger partial charge in [-0.15, -0.1) is 0 Å². The Bertz CT molecular complexity index is 1430. The fourth-order valence-electron chi connectivity index (χ4n) is 9.87. The Morgan fingerprint density at radius 3 is 2.11 bits per heavy atom. The topological polar surface area (TPSA) is 171 Å². The van der Waals surface area contributed by atoms with Crippen molar-refractivity contribution < 1.29 is 53.2 Å². The molecule has 11 heteroatoms. The van der Waals surface area contributed by atoms with Crippen molar-refractivity contribution in [2.45, 2.75) is 118 Å². The van der Waals surface area contributed by atoms with Crippen molar-refractivity contribution in [3.05, 3.63) is 23.8 Å². The molecule has 4 rings (SSSR count). The van der Waals surface area contributed by atoms with Crippen molar-refractivity contribution in [3.8, 4) is 0 Å². The fourth-order valence-corrected chi connectivity index (χ4v) is 9.87. The van der Waals surface area contributed by atoms with Crippen molar-refractivity contribution in [3.63, 3.8) is 0 Å². The van der Waals surface area contributed by atoms with E-state index in [2.05, 4.69) is 0 Å². The van der Waals surface area contributed by atoms with Crippen LogP contribution in [0.2, 0.25) is 0 Å². The summed E-state index contributed by atoms with van der Waals surface area (Å²) in [5.74, 6) is -4.14. The fraction of sp³-hybridized carbons (Fsp3) is 0.714. The molecule has 0 aromatic rings. The first-order valence-corrected chi connectivity index (χ1v) is 15.9. The lowest BCUT2D eigenvalue weighted by Crippen LogP contribution is -2.65. The van der Waals surface area contributed by atoms with Crippen LogP contribution >= 0.6 is 0 Å². The van der Waals surface area contributed by atoms with E-state index < -0.39 is 80.8 Å². The van der Waals surface area contributed by atoms with Gasteiger partial charge in [0.1, 0.15) is 23.1 Å². The number of rotatable bonds is 7. The van der Waals surface area contributed by atoms with Crippen LogP contribution in [-0.2, 0) is 38.2 Å². The number of carboxylic acid groups (broad SMARTS) is 1. The normalized spacial score (nSPS) is 38.1.